The number of hydrogen-bond donors (Lipinski definition) is 0. The van der Waals surface area contributed by atoms with Crippen molar-refractivity contribution in [2.45, 2.75) is 40.5 Å². The van der Waals surface area contributed by atoms with Gasteiger partial charge in [0.05, 0.1) is 6.61 Å². The molecular formula is C13H22N2O2S. The molecule has 0 aliphatic carbocycles. The van der Waals surface area contributed by atoms with Gasteiger partial charge in [-0.25, -0.2) is 9.78 Å². The van der Waals surface area contributed by atoms with Gasteiger partial charge in [0.1, 0.15) is 0 Å². The van der Waals surface area contributed by atoms with E-state index in [-0.39, 0.29) is 5.97 Å². The van der Waals surface area contributed by atoms with Crippen LogP contribution in [0.3, 0.4) is 0 Å². The molecule has 0 atom stereocenters. The molecule has 102 valence electrons. The van der Waals surface area contributed by atoms with Gasteiger partial charge < -0.3 is 9.64 Å². The highest BCUT2D eigenvalue weighted by molar-refractivity contribution is 7.15. The lowest BCUT2D eigenvalue weighted by molar-refractivity contribution is 0.0519. The van der Waals surface area contributed by atoms with Crippen molar-refractivity contribution < 1.29 is 9.53 Å². The molecule has 1 heterocycles. The number of thiazole rings is 1. The van der Waals surface area contributed by atoms with E-state index in [2.05, 4.69) is 23.7 Å². The molecule has 1 rings (SSSR count). The number of aromatic nitrogens is 1. The molecule has 0 saturated heterocycles. The van der Waals surface area contributed by atoms with Gasteiger partial charge in [0.15, 0.2) is 10.8 Å². The van der Waals surface area contributed by atoms with Crippen LogP contribution in [0.4, 0.5) is 5.13 Å². The lowest BCUT2D eigenvalue weighted by Gasteiger charge is -2.19. The molecule has 5 heteroatoms. The van der Waals surface area contributed by atoms with E-state index in [4.69, 9.17) is 4.74 Å². The quantitative estimate of drug-likeness (QED) is 0.713. The third kappa shape index (κ3) is 3.70. The number of rotatable bonds is 7. The highest BCUT2D eigenvalue weighted by Gasteiger charge is 2.19. The molecule has 18 heavy (non-hydrogen) atoms. The maximum Gasteiger partial charge on any atom is 0.358 e. The molecule has 1 aromatic heterocycles. The van der Waals surface area contributed by atoms with Crippen LogP contribution in [-0.2, 0) is 4.74 Å². The van der Waals surface area contributed by atoms with Crippen LogP contribution in [0.25, 0.3) is 0 Å². The van der Waals surface area contributed by atoms with E-state index in [9.17, 15) is 4.79 Å². The number of carbonyl (C=O) groups is 1. The van der Waals surface area contributed by atoms with Crippen molar-refractivity contribution >= 4 is 22.4 Å². The third-order valence-electron chi connectivity index (χ3n) is 2.51. The molecule has 0 unspecified atom stereocenters. The number of ether oxygens (including phenoxy) is 1. The van der Waals surface area contributed by atoms with Gasteiger partial charge in [-0.1, -0.05) is 13.8 Å². The number of carbonyl (C=O) groups excluding carboxylic acids is 1. The first-order valence-electron chi connectivity index (χ1n) is 6.53. The lowest BCUT2D eigenvalue weighted by atomic mass is 10.4. The molecule has 0 radical (unpaired) electrons. The Bertz CT molecular complexity index is 384. The Morgan fingerprint density at radius 3 is 2.39 bits per heavy atom. The summed E-state index contributed by atoms with van der Waals surface area (Å²) in [7, 11) is 0. The van der Waals surface area contributed by atoms with Gasteiger partial charge in [-0.15, -0.1) is 11.3 Å². The molecule has 0 aliphatic heterocycles. The first-order valence-corrected chi connectivity index (χ1v) is 7.35. The molecule has 0 amide bonds. The minimum absolute atomic E-state index is 0.314. The number of anilines is 1. The van der Waals surface area contributed by atoms with Crippen LogP contribution in [-0.4, -0.2) is 30.6 Å². The molecular weight excluding hydrogens is 248 g/mol. The zero-order valence-corrected chi connectivity index (χ0v) is 12.5. The van der Waals surface area contributed by atoms with Crippen molar-refractivity contribution in [2.75, 3.05) is 24.6 Å². The van der Waals surface area contributed by atoms with Crippen LogP contribution in [0.15, 0.2) is 0 Å². The maximum atomic E-state index is 11.7. The van der Waals surface area contributed by atoms with Gasteiger partial charge in [0.2, 0.25) is 0 Å². The van der Waals surface area contributed by atoms with Crippen LogP contribution in [0.1, 0.15) is 49.0 Å². The summed E-state index contributed by atoms with van der Waals surface area (Å²) < 4.78 is 5.01. The third-order valence-corrected chi connectivity index (χ3v) is 3.54. The molecule has 0 spiro atoms. The summed E-state index contributed by atoms with van der Waals surface area (Å²) in [5, 5.41) is 0.930. The second-order valence-corrected chi connectivity index (χ2v) is 5.29. The van der Waals surface area contributed by atoms with Gasteiger partial charge in [0, 0.05) is 18.0 Å². The minimum atomic E-state index is -0.314. The summed E-state index contributed by atoms with van der Waals surface area (Å²) in [5.74, 6) is -0.314. The fourth-order valence-electron chi connectivity index (χ4n) is 1.75. The van der Waals surface area contributed by atoms with E-state index in [1.54, 1.807) is 18.3 Å². The van der Waals surface area contributed by atoms with Gasteiger partial charge in [-0.2, -0.15) is 0 Å². The van der Waals surface area contributed by atoms with E-state index >= 15 is 0 Å². The van der Waals surface area contributed by atoms with Gasteiger partial charge in [-0.3, -0.25) is 0 Å². The molecule has 0 N–H and O–H groups in total. The lowest BCUT2D eigenvalue weighted by Crippen LogP contribution is -2.24. The average molecular weight is 270 g/mol. The average Bonchev–Trinajstić information content (AvgIpc) is 2.71. The predicted octanol–water partition coefficient (Wildman–Crippen LogP) is 3.25. The van der Waals surface area contributed by atoms with E-state index in [0.717, 1.165) is 35.9 Å². The largest absolute Gasteiger partial charge is 0.461 e. The normalized spacial score (nSPS) is 10.4. The summed E-state index contributed by atoms with van der Waals surface area (Å²) in [6, 6.07) is 0. The SMILES string of the molecule is CCCN(CCC)c1nc(C(=O)OCC)c(C)s1. The monoisotopic (exact) mass is 270 g/mol. The Labute approximate surface area is 113 Å². The zero-order chi connectivity index (χ0) is 13.5. The summed E-state index contributed by atoms with van der Waals surface area (Å²) in [6.45, 7) is 10.4. The van der Waals surface area contributed by atoms with E-state index in [0.29, 0.717) is 12.3 Å². The van der Waals surface area contributed by atoms with Crippen molar-refractivity contribution in [3.05, 3.63) is 10.6 Å². The van der Waals surface area contributed by atoms with Crippen LogP contribution in [0.5, 0.6) is 0 Å². The predicted molar refractivity (Wildman–Crippen MR) is 75.6 cm³/mol. The van der Waals surface area contributed by atoms with Gasteiger partial charge >= 0.3 is 5.97 Å². The molecule has 4 nitrogen and oxygen atoms in total. The Kier molecular flexibility index (Phi) is 6.12. The first kappa shape index (κ1) is 15.0. The molecule has 0 saturated carbocycles. The van der Waals surface area contributed by atoms with E-state index in [1.807, 2.05) is 6.92 Å². The number of hydrogen-bond acceptors (Lipinski definition) is 5. The number of aryl methyl sites for hydroxylation is 1. The van der Waals surface area contributed by atoms with Gasteiger partial charge in [0.25, 0.3) is 0 Å². The molecule has 1 aromatic rings. The summed E-state index contributed by atoms with van der Waals surface area (Å²) >= 11 is 1.57. The van der Waals surface area contributed by atoms with E-state index in [1.165, 1.54) is 0 Å². The van der Waals surface area contributed by atoms with Crippen molar-refractivity contribution in [1.82, 2.24) is 4.98 Å². The fourth-order valence-corrected chi connectivity index (χ4v) is 2.70. The highest BCUT2D eigenvalue weighted by Crippen LogP contribution is 2.26. The second-order valence-electron chi connectivity index (χ2n) is 4.11. The maximum absolute atomic E-state index is 11.7. The molecule has 0 fully saturated rings. The number of esters is 1. The topological polar surface area (TPSA) is 42.4 Å². The summed E-state index contributed by atoms with van der Waals surface area (Å²) in [6.07, 6.45) is 2.15. The fraction of sp³-hybridized carbons (Fsp3) is 0.692. The van der Waals surface area contributed by atoms with Crippen molar-refractivity contribution in [2.24, 2.45) is 0 Å². The Morgan fingerprint density at radius 1 is 1.28 bits per heavy atom. The molecule has 0 aromatic carbocycles. The van der Waals surface area contributed by atoms with Gasteiger partial charge in [-0.05, 0) is 26.7 Å². The van der Waals surface area contributed by atoms with Crippen molar-refractivity contribution in [1.29, 1.82) is 0 Å². The van der Waals surface area contributed by atoms with Crippen LogP contribution >= 0.6 is 11.3 Å². The standard InChI is InChI=1S/C13H22N2O2S/c1-5-8-15(9-6-2)13-14-11(10(4)18-13)12(16)17-7-3/h5-9H2,1-4H3. The molecule has 0 bridgehead atoms. The van der Waals surface area contributed by atoms with Crippen molar-refractivity contribution in [3.63, 3.8) is 0 Å². The van der Waals surface area contributed by atoms with Crippen LogP contribution < -0.4 is 4.90 Å². The van der Waals surface area contributed by atoms with E-state index < -0.39 is 0 Å². The first-order chi connectivity index (χ1) is 8.63. The summed E-state index contributed by atoms with van der Waals surface area (Å²) in [4.78, 5) is 19.3. The Hall–Kier alpha value is -1.10. The Morgan fingerprint density at radius 2 is 1.89 bits per heavy atom. The molecule has 0 aliphatic rings. The Balaban J connectivity index is 2.89. The highest BCUT2D eigenvalue weighted by atomic mass is 32.1. The zero-order valence-electron chi connectivity index (χ0n) is 11.7. The summed E-state index contributed by atoms with van der Waals surface area (Å²) in [5.41, 5.74) is 0.467. The second kappa shape index (κ2) is 7.36. The number of nitrogens with zero attached hydrogens (tertiary/aromatic N) is 2. The van der Waals surface area contributed by atoms with Crippen molar-refractivity contribution in [3.8, 4) is 0 Å². The van der Waals surface area contributed by atoms with Crippen LogP contribution in [0.2, 0.25) is 0 Å². The van der Waals surface area contributed by atoms with Crippen LogP contribution in [0, 0.1) is 6.92 Å². The minimum Gasteiger partial charge on any atom is -0.461 e. The smallest absolute Gasteiger partial charge is 0.358 e.